The molecule has 0 aliphatic carbocycles. The van der Waals surface area contributed by atoms with E-state index in [0.717, 1.165) is 5.56 Å². The predicted molar refractivity (Wildman–Crippen MR) is 85.4 cm³/mol. The van der Waals surface area contributed by atoms with Crippen LogP contribution in [0.4, 0.5) is 5.82 Å². The van der Waals surface area contributed by atoms with Crippen molar-refractivity contribution in [2.45, 2.75) is 24.3 Å². The zero-order chi connectivity index (χ0) is 16.4. The van der Waals surface area contributed by atoms with Crippen molar-refractivity contribution in [1.29, 1.82) is 0 Å². The average molecular weight is 334 g/mol. The molecule has 0 aromatic carbocycles. The molecule has 3 rings (SSSR count). The number of pyridine rings is 2. The number of hydrogen-bond donors (Lipinski definition) is 1. The van der Waals surface area contributed by atoms with Crippen molar-refractivity contribution < 1.29 is 13.2 Å². The van der Waals surface area contributed by atoms with Crippen molar-refractivity contribution in [3.8, 4) is 5.75 Å². The second-order valence-electron chi connectivity index (χ2n) is 5.47. The van der Waals surface area contributed by atoms with Gasteiger partial charge in [-0.05, 0) is 37.1 Å². The van der Waals surface area contributed by atoms with Crippen LogP contribution in [0.15, 0.2) is 41.7 Å². The number of nitrogen functional groups attached to an aromatic ring is 1. The summed E-state index contributed by atoms with van der Waals surface area (Å²) in [5.41, 5.74) is 6.50. The first-order chi connectivity index (χ1) is 11.0. The topological polar surface area (TPSA) is 98.4 Å². The molecular weight excluding hydrogens is 316 g/mol. The third kappa shape index (κ3) is 3.27. The SMILES string of the molecule is Cc1cnc(N)c(S(=O)(=O)N2CC[C@@H](Oc3ccncc3)C2)c1. The molecule has 1 aliphatic rings. The van der Waals surface area contributed by atoms with Gasteiger partial charge in [-0.25, -0.2) is 13.4 Å². The maximum Gasteiger partial charge on any atom is 0.246 e. The fraction of sp³-hybridized carbons (Fsp3) is 0.333. The summed E-state index contributed by atoms with van der Waals surface area (Å²) < 4.78 is 32.7. The Morgan fingerprint density at radius 3 is 2.83 bits per heavy atom. The number of aryl methyl sites for hydroxylation is 1. The molecule has 1 fully saturated rings. The first kappa shape index (κ1) is 15.7. The first-order valence-corrected chi connectivity index (χ1v) is 8.70. The molecule has 2 aromatic rings. The van der Waals surface area contributed by atoms with E-state index in [0.29, 0.717) is 18.7 Å². The summed E-state index contributed by atoms with van der Waals surface area (Å²) >= 11 is 0. The normalized spacial score (nSPS) is 18.9. The van der Waals surface area contributed by atoms with Crippen LogP contribution in [0.5, 0.6) is 5.75 Å². The van der Waals surface area contributed by atoms with Gasteiger partial charge in [-0.15, -0.1) is 0 Å². The van der Waals surface area contributed by atoms with Crippen LogP contribution in [-0.4, -0.2) is 41.9 Å². The highest BCUT2D eigenvalue weighted by atomic mass is 32.2. The monoisotopic (exact) mass is 334 g/mol. The highest BCUT2D eigenvalue weighted by Gasteiger charge is 2.35. The molecule has 3 heterocycles. The van der Waals surface area contributed by atoms with Gasteiger partial charge in [0.1, 0.15) is 22.6 Å². The van der Waals surface area contributed by atoms with Crippen LogP contribution >= 0.6 is 0 Å². The molecule has 2 aromatic heterocycles. The second kappa shape index (κ2) is 6.13. The van der Waals surface area contributed by atoms with Crippen LogP contribution < -0.4 is 10.5 Å². The molecule has 1 aliphatic heterocycles. The first-order valence-electron chi connectivity index (χ1n) is 7.26. The fourth-order valence-corrected chi connectivity index (χ4v) is 4.16. The fourth-order valence-electron chi connectivity index (χ4n) is 2.52. The van der Waals surface area contributed by atoms with Gasteiger partial charge in [-0.1, -0.05) is 0 Å². The van der Waals surface area contributed by atoms with Gasteiger partial charge in [0, 0.05) is 25.1 Å². The van der Waals surface area contributed by atoms with E-state index in [1.807, 2.05) is 0 Å². The number of nitrogens with zero attached hydrogens (tertiary/aromatic N) is 3. The predicted octanol–water partition coefficient (Wildman–Crippen LogP) is 1.21. The highest BCUT2D eigenvalue weighted by Crippen LogP contribution is 2.26. The van der Waals surface area contributed by atoms with Crippen molar-refractivity contribution in [2.75, 3.05) is 18.8 Å². The largest absolute Gasteiger partial charge is 0.489 e. The Morgan fingerprint density at radius 2 is 2.09 bits per heavy atom. The molecule has 2 N–H and O–H groups in total. The molecule has 122 valence electrons. The number of rotatable bonds is 4. The Morgan fingerprint density at radius 1 is 1.35 bits per heavy atom. The van der Waals surface area contributed by atoms with E-state index in [1.165, 1.54) is 4.31 Å². The average Bonchev–Trinajstić information content (AvgIpc) is 3.00. The van der Waals surface area contributed by atoms with E-state index in [4.69, 9.17) is 10.5 Å². The highest BCUT2D eigenvalue weighted by molar-refractivity contribution is 7.89. The van der Waals surface area contributed by atoms with E-state index < -0.39 is 10.0 Å². The minimum atomic E-state index is -3.66. The van der Waals surface area contributed by atoms with Crippen molar-refractivity contribution >= 4 is 15.8 Å². The molecule has 0 spiro atoms. The van der Waals surface area contributed by atoms with Crippen molar-refractivity contribution in [3.05, 3.63) is 42.4 Å². The Bertz CT molecular complexity index is 796. The summed E-state index contributed by atoms with van der Waals surface area (Å²) in [7, 11) is -3.66. The van der Waals surface area contributed by atoms with Crippen molar-refractivity contribution in [3.63, 3.8) is 0 Å². The van der Waals surface area contributed by atoms with E-state index >= 15 is 0 Å². The molecule has 7 nitrogen and oxygen atoms in total. The maximum absolute atomic E-state index is 12.7. The van der Waals surface area contributed by atoms with Crippen LogP contribution in [-0.2, 0) is 10.0 Å². The summed E-state index contributed by atoms with van der Waals surface area (Å²) in [5.74, 6) is 0.704. The summed E-state index contributed by atoms with van der Waals surface area (Å²) in [4.78, 5) is 7.92. The quantitative estimate of drug-likeness (QED) is 0.902. The van der Waals surface area contributed by atoms with E-state index in [2.05, 4.69) is 9.97 Å². The van der Waals surface area contributed by atoms with Gasteiger partial charge in [0.05, 0.1) is 6.54 Å². The van der Waals surface area contributed by atoms with Gasteiger partial charge in [0.25, 0.3) is 0 Å². The van der Waals surface area contributed by atoms with Crippen LogP contribution in [0.3, 0.4) is 0 Å². The Kier molecular flexibility index (Phi) is 4.18. The minimum Gasteiger partial charge on any atom is -0.489 e. The molecule has 8 heteroatoms. The van der Waals surface area contributed by atoms with Crippen molar-refractivity contribution in [2.24, 2.45) is 0 Å². The Hall–Kier alpha value is -2.19. The van der Waals surface area contributed by atoms with E-state index in [9.17, 15) is 8.42 Å². The molecule has 0 amide bonds. The van der Waals surface area contributed by atoms with Crippen LogP contribution in [0, 0.1) is 6.92 Å². The molecule has 1 atom stereocenters. The summed E-state index contributed by atoms with van der Waals surface area (Å²) in [6, 6.07) is 5.05. The molecule has 0 saturated carbocycles. The molecule has 1 saturated heterocycles. The van der Waals surface area contributed by atoms with Crippen LogP contribution in [0.1, 0.15) is 12.0 Å². The van der Waals surface area contributed by atoms with Gasteiger partial charge < -0.3 is 10.5 Å². The van der Waals surface area contributed by atoms with Crippen LogP contribution in [0.2, 0.25) is 0 Å². The Balaban J connectivity index is 1.76. The standard InChI is InChI=1S/C15H18N4O3S/c1-11-8-14(15(16)18-9-11)23(20,21)19-7-4-13(10-19)22-12-2-5-17-6-3-12/h2-3,5-6,8-9,13H,4,7,10H2,1H3,(H2,16,18)/t13-/m1/s1. The van der Waals surface area contributed by atoms with Gasteiger partial charge in [-0.2, -0.15) is 4.31 Å². The van der Waals surface area contributed by atoms with Gasteiger partial charge >= 0.3 is 0 Å². The summed E-state index contributed by atoms with van der Waals surface area (Å²) in [5, 5.41) is 0. The maximum atomic E-state index is 12.7. The van der Waals surface area contributed by atoms with Gasteiger partial charge in [-0.3, -0.25) is 4.98 Å². The molecule has 0 bridgehead atoms. The lowest BCUT2D eigenvalue weighted by Gasteiger charge is -2.18. The molecule has 0 radical (unpaired) electrons. The molecule has 0 unspecified atom stereocenters. The third-order valence-electron chi connectivity index (χ3n) is 3.70. The summed E-state index contributed by atoms with van der Waals surface area (Å²) in [6.45, 7) is 2.47. The molecular formula is C15H18N4O3S. The molecule has 23 heavy (non-hydrogen) atoms. The van der Waals surface area contributed by atoms with Crippen LogP contribution in [0.25, 0.3) is 0 Å². The minimum absolute atomic E-state index is 0.0223. The number of nitrogens with two attached hydrogens (primary N) is 1. The van der Waals surface area contributed by atoms with Gasteiger partial charge in [0.15, 0.2) is 0 Å². The number of aromatic nitrogens is 2. The Labute approximate surface area is 135 Å². The lowest BCUT2D eigenvalue weighted by Crippen LogP contribution is -2.31. The zero-order valence-electron chi connectivity index (χ0n) is 12.7. The number of ether oxygens (including phenoxy) is 1. The third-order valence-corrected chi connectivity index (χ3v) is 5.59. The number of anilines is 1. The van der Waals surface area contributed by atoms with E-state index in [-0.39, 0.29) is 23.4 Å². The summed E-state index contributed by atoms with van der Waals surface area (Å²) in [6.07, 6.45) is 5.26. The smallest absolute Gasteiger partial charge is 0.246 e. The van der Waals surface area contributed by atoms with Crippen molar-refractivity contribution in [1.82, 2.24) is 14.3 Å². The lowest BCUT2D eigenvalue weighted by molar-refractivity contribution is 0.215. The van der Waals surface area contributed by atoms with E-state index in [1.54, 1.807) is 43.7 Å². The zero-order valence-corrected chi connectivity index (χ0v) is 13.5. The second-order valence-corrected chi connectivity index (χ2v) is 7.38. The van der Waals surface area contributed by atoms with Gasteiger partial charge in [0.2, 0.25) is 10.0 Å². The number of hydrogen-bond acceptors (Lipinski definition) is 6. The lowest BCUT2D eigenvalue weighted by atomic mass is 10.3. The number of sulfonamides is 1.